The van der Waals surface area contributed by atoms with Gasteiger partial charge in [-0.15, -0.1) is 0 Å². The van der Waals surface area contributed by atoms with E-state index in [1.165, 1.54) is 0 Å². The molecule has 164 valence electrons. The number of allylic oxidation sites excluding steroid dienone is 1. The molecule has 1 aliphatic heterocycles. The Morgan fingerprint density at radius 2 is 2.06 bits per heavy atom. The number of nitrogens with zero attached hydrogens (tertiary/aromatic N) is 3. The number of anilines is 1. The Morgan fingerprint density at radius 1 is 1.31 bits per heavy atom. The number of nitrogens with two attached hydrogens (primary N) is 1. The van der Waals surface area contributed by atoms with Crippen molar-refractivity contribution in [1.29, 1.82) is 5.26 Å². The Hall–Kier alpha value is -4.22. The fourth-order valence-corrected chi connectivity index (χ4v) is 3.14. The standard InChI is InChI=1S/C24H24N4O4/c1-24(2)17(22(28-4)23(32-24)19(15-25)27-3)11-9-16-10-12-18(26)20(14-16)31-13-7-5-6-8-21(29)30/h9-12,14H,5-8,13,26H2,1-2H3,(H,29,30)/b11-9+,23-19+. The number of nitrogen functional groups attached to an aromatic ring is 1. The third-order valence-electron chi connectivity index (χ3n) is 4.79. The molecular weight excluding hydrogens is 408 g/mol. The van der Waals surface area contributed by atoms with E-state index in [-0.39, 0.29) is 23.6 Å². The molecular formula is C24H24N4O4. The molecule has 0 aromatic heterocycles. The number of hydrogen-bond donors (Lipinski definition) is 2. The van der Waals surface area contributed by atoms with E-state index >= 15 is 0 Å². The number of rotatable bonds is 9. The first-order chi connectivity index (χ1) is 15.2. The summed E-state index contributed by atoms with van der Waals surface area (Å²) in [5.41, 5.74) is 6.86. The summed E-state index contributed by atoms with van der Waals surface area (Å²) in [6, 6.07) is 7.09. The van der Waals surface area contributed by atoms with Gasteiger partial charge in [0, 0.05) is 12.0 Å². The zero-order valence-corrected chi connectivity index (χ0v) is 18.0. The van der Waals surface area contributed by atoms with Crippen molar-refractivity contribution in [3.05, 3.63) is 75.4 Å². The van der Waals surface area contributed by atoms with Crippen LogP contribution in [0.15, 0.2) is 47.0 Å². The first kappa shape index (κ1) is 24.1. The summed E-state index contributed by atoms with van der Waals surface area (Å²) < 4.78 is 11.5. The van der Waals surface area contributed by atoms with Gasteiger partial charge < -0.3 is 20.3 Å². The third kappa shape index (κ3) is 5.90. The highest BCUT2D eigenvalue weighted by Crippen LogP contribution is 2.41. The SMILES string of the molecule is [C-]#[N+]C1=C(/C=C/c2ccc(N)c(OCCCCCC(=O)O)c2)C(C)(C)O/C1=C(\C#N)[N+]#[C-]. The summed E-state index contributed by atoms with van der Waals surface area (Å²) in [6.07, 6.45) is 5.74. The van der Waals surface area contributed by atoms with Crippen LogP contribution in [0.2, 0.25) is 0 Å². The van der Waals surface area contributed by atoms with Gasteiger partial charge in [0.05, 0.1) is 31.5 Å². The first-order valence-electron chi connectivity index (χ1n) is 9.99. The summed E-state index contributed by atoms with van der Waals surface area (Å²) in [6.45, 7) is 18.6. The molecule has 0 fully saturated rings. The molecule has 0 aliphatic carbocycles. The van der Waals surface area contributed by atoms with Crippen molar-refractivity contribution in [1.82, 2.24) is 0 Å². The van der Waals surface area contributed by atoms with E-state index in [9.17, 15) is 4.79 Å². The molecule has 3 N–H and O–H groups in total. The summed E-state index contributed by atoms with van der Waals surface area (Å²) in [4.78, 5) is 17.2. The van der Waals surface area contributed by atoms with Crippen molar-refractivity contribution >= 4 is 17.7 Å². The lowest BCUT2D eigenvalue weighted by atomic mass is 9.96. The monoisotopic (exact) mass is 432 g/mol. The van der Waals surface area contributed by atoms with Gasteiger partial charge in [0.1, 0.15) is 17.1 Å². The molecule has 0 radical (unpaired) electrons. The number of unbranched alkanes of at least 4 members (excludes halogenated alkanes) is 2. The van der Waals surface area contributed by atoms with E-state index in [0.29, 0.717) is 30.0 Å². The van der Waals surface area contributed by atoms with Gasteiger partial charge in [-0.1, -0.05) is 18.2 Å². The average molecular weight is 432 g/mol. The summed E-state index contributed by atoms with van der Waals surface area (Å²) in [7, 11) is 0. The van der Waals surface area contributed by atoms with Gasteiger partial charge in [-0.05, 0) is 50.8 Å². The van der Waals surface area contributed by atoms with Gasteiger partial charge in [0.2, 0.25) is 5.70 Å². The molecule has 1 heterocycles. The number of ether oxygens (including phenoxy) is 2. The van der Waals surface area contributed by atoms with E-state index in [2.05, 4.69) is 9.69 Å². The molecule has 1 aromatic carbocycles. The van der Waals surface area contributed by atoms with Gasteiger partial charge >= 0.3 is 5.97 Å². The lowest BCUT2D eigenvalue weighted by molar-refractivity contribution is -0.137. The predicted octanol–water partition coefficient (Wildman–Crippen LogP) is 4.94. The van der Waals surface area contributed by atoms with Crippen molar-refractivity contribution < 1.29 is 19.4 Å². The van der Waals surface area contributed by atoms with Crippen molar-refractivity contribution in [3.63, 3.8) is 0 Å². The van der Waals surface area contributed by atoms with E-state index in [0.717, 1.165) is 18.4 Å². The van der Waals surface area contributed by atoms with E-state index in [1.54, 1.807) is 44.2 Å². The van der Waals surface area contributed by atoms with Crippen LogP contribution in [0.4, 0.5) is 5.69 Å². The van der Waals surface area contributed by atoms with Crippen LogP contribution in [-0.2, 0) is 9.53 Å². The van der Waals surface area contributed by atoms with Gasteiger partial charge in [-0.25, -0.2) is 15.0 Å². The normalized spacial score (nSPS) is 16.1. The van der Waals surface area contributed by atoms with Gasteiger partial charge in [-0.2, -0.15) is 0 Å². The predicted molar refractivity (Wildman–Crippen MR) is 120 cm³/mol. The number of hydrogen-bond acceptors (Lipinski definition) is 5. The second-order valence-corrected chi connectivity index (χ2v) is 7.57. The number of carboxylic acids is 1. The summed E-state index contributed by atoms with van der Waals surface area (Å²) in [5, 5.41) is 17.8. The van der Waals surface area contributed by atoms with Crippen LogP contribution in [0.1, 0.15) is 45.1 Å². The number of benzene rings is 1. The Kier molecular flexibility index (Phi) is 8.04. The smallest absolute Gasteiger partial charge is 0.303 e. The largest absolute Gasteiger partial charge is 0.505 e. The second kappa shape index (κ2) is 10.7. The molecule has 1 aliphatic rings. The Balaban J connectivity index is 2.20. The maximum Gasteiger partial charge on any atom is 0.303 e. The highest BCUT2D eigenvalue weighted by molar-refractivity contribution is 5.66. The van der Waals surface area contributed by atoms with Crippen molar-refractivity contribution in [2.24, 2.45) is 0 Å². The van der Waals surface area contributed by atoms with Crippen LogP contribution >= 0.6 is 0 Å². The van der Waals surface area contributed by atoms with Crippen molar-refractivity contribution in [2.75, 3.05) is 12.3 Å². The van der Waals surface area contributed by atoms with Crippen LogP contribution in [0, 0.1) is 24.5 Å². The van der Waals surface area contributed by atoms with Crippen molar-refractivity contribution in [3.8, 4) is 11.8 Å². The molecule has 2 rings (SSSR count). The molecule has 0 bridgehead atoms. The van der Waals surface area contributed by atoms with E-state index in [1.807, 2.05) is 6.07 Å². The number of aliphatic carboxylic acids is 1. The van der Waals surface area contributed by atoms with Crippen molar-refractivity contribution in [2.45, 2.75) is 45.1 Å². The lowest BCUT2D eigenvalue weighted by Crippen LogP contribution is -2.20. The van der Waals surface area contributed by atoms with Gasteiger partial charge in [0.25, 0.3) is 5.70 Å². The lowest BCUT2D eigenvalue weighted by Gasteiger charge is -2.22. The molecule has 8 heteroatoms. The highest BCUT2D eigenvalue weighted by atomic mass is 16.5. The van der Waals surface area contributed by atoms with E-state index in [4.69, 9.17) is 38.7 Å². The second-order valence-electron chi connectivity index (χ2n) is 7.57. The minimum atomic E-state index is -0.873. The van der Waals surface area contributed by atoms with Gasteiger partial charge in [-0.3, -0.25) is 4.79 Å². The highest BCUT2D eigenvalue weighted by Gasteiger charge is 2.38. The Labute approximate surface area is 187 Å². The zero-order valence-electron chi connectivity index (χ0n) is 18.0. The van der Waals surface area contributed by atoms with Crippen LogP contribution in [-0.4, -0.2) is 23.3 Å². The fourth-order valence-electron chi connectivity index (χ4n) is 3.14. The van der Waals surface area contributed by atoms with Crippen LogP contribution in [0.5, 0.6) is 5.75 Å². The number of nitriles is 1. The molecule has 0 atom stereocenters. The van der Waals surface area contributed by atoms with Crippen LogP contribution in [0.3, 0.4) is 0 Å². The number of carboxylic acid groups (broad SMARTS) is 1. The van der Waals surface area contributed by atoms with E-state index < -0.39 is 11.6 Å². The molecule has 0 spiro atoms. The Morgan fingerprint density at radius 3 is 2.69 bits per heavy atom. The maximum atomic E-state index is 10.5. The quantitative estimate of drug-likeness (QED) is 0.247. The third-order valence-corrected chi connectivity index (χ3v) is 4.79. The van der Waals surface area contributed by atoms with Crippen LogP contribution in [0.25, 0.3) is 15.8 Å². The maximum absolute atomic E-state index is 10.5. The average Bonchev–Trinajstić information content (AvgIpc) is 3.00. The molecule has 0 saturated carbocycles. The summed E-state index contributed by atoms with van der Waals surface area (Å²) in [5.74, 6) is -0.277. The molecule has 0 amide bonds. The zero-order chi connectivity index (χ0) is 23.7. The summed E-state index contributed by atoms with van der Waals surface area (Å²) >= 11 is 0. The first-order valence-corrected chi connectivity index (χ1v) is 9.99. The molecule has 0 unspecified atom stereocenters. The molecule has 0 saturated heterocycles. The minimum absolute atomic E-state index is 0.00590. The molecule has 32 heavy (non-hydrogen) atoms. The van der Waals surface area contributed by atoms with Gasteiger partial charge in [0.15, 0.2) is 0 Å². The Bertz CT molecular complexity index is 1090. The minimum Gasteiger partial charge on any atom is -0.505 e. The molecule has 1 aromatic rings. The number of carbonyl (C=O) groups is 1. The fraction of sp³-hybridized carbons (Fsp3) is 0.333. The topological polar surface area (TPSA) is 114 Å². The molecule has 8 nitrogen and oxygen atoms in total. The van der Waals surface area contributed by atoms with Crippen LogP contribution < -0.4 is 10.5 Å².